The van der Waals surface area contributed by atoms with Gasteiger partial charge in [-0.3, -0.25) is 4.57 Å². The second-order valence-electron chi connectivity index (χ2n) is 3.09. The Morgan fingerprint density at radius 1 is 1.24 bits per heavy atom. The highest BCUT2D eigenvalue weighted by Crippen LogP contribution is 2.49. The van der Waals surface area contributed by atoms with Crippen LogP contribution in [0.2, 0.25) is 0 Å². The van der Waals surface area contributed by atoms with Crippen LogP contribution in [0.4, 0.5) is 8.78 Å². The number of halogens is 3. The molecule has 0 aromatic rings. The van der Waals surface area contributed by atoms with Gasteiger partial charge in [0.1, 0.15) is 0 Å². The topological polar surface area (TPSA) is 44.8 Å². The van der Waals surface area contributed by atoms with Crippen LogP contribution >= 0.6 is 23.5 Å². The molecule has 0 saturated heterocycles. The minimum Gasteiger partial charge on any atom is -0.320 e. The molecule has 0 aromatic heterocycles. The molecule has 104 valence electrons. The molecule has 0 spiro atoms. The highest BCUT2D eigenvalue weighted by molar-refractivity contribution is 9.09. The lowest BCUT2D eigenvalue weighted by Crippen LogP contribution is -2.23. The van der Waals surface area contributed by atoms with Gasteiger partial charge in [0.15, 0.2) is 0 Å². The van der Waals surface area contributed by atoms with E-state index in [2.05, 4.69) is 20.7 Å². The van der Waals surface area contributed by atoms with E-state index in [1.165, 1.54) is 0 Å². The number of alkyl halides is 3. The average molecular weight is 339 g/mol. The lowest BCUT2D eigenvalue weighted by atomic mass is 10.4. The van der Waals surface area contributed by atoms with Crippen LogP contribution in [-0.4, -0.2) is 37.4 Å². The Morgan fingerprint density at radius 3 is 2.18 bits per heavy atom. The molecule has 0 fully saturated rings. The molecule has 0 amide bonds. The third kappa shape index (κ3) is 8.21. The number of hydrogen-bond acceptors (Lipinski definition) is 4. The van der Waals surface area contributed by atoms with Crippen molar-refractivity contribution in [3.8, 4) is 0 Å². The van der Waals surface area contributed by atoms with Crippen molar-refractivity contribution >= 4 is 23.5 Å². The van der Waals surface area contributed by atoms with Crippen molar-refractivity contribution in [1.29, 1.82) is 0 Å². The van der Waals surface area contributed by atoms with Crippen LogP contribution in [0.3, 0.4) is 0 Å². The summed E-state index contributed by atoms with van der Waals surface area (Å²) in [7, 11) is -3.42. The van der Waals surface area contributed by atoms with Crippen LogP contribution < -0.4 is 0 Å². The van der Waals surface area contributed by atoms with Gasteiger partial charge in [0.05, 0.1) is 32.4 Å². The van der Waals surface area contributed by atoms with Crippen molar-refractivity contribution in [2.75, 3.05) is 31.3 Å². The predicted octanol–water partition coefficient (Wildman–Crippen LogP) is 3.65. The fraction of sp³-hybridized carbons (Fsp3) is 1.00. The molecule has 0 radical (unpaired) electrons. The van der Waals surface area contributed by atoms with Crippen LogP contribution in [0.25, 0.3) is 0 Å². The Bertz CT molecular complexity index is 243. The molecule has 0 rings (SSSR count). The standard InChI is InChI=1S/C9H18BrF2O4P/c1-3-15-17(13,16-4-2)8-5-9(11,12)14-7-6-10/h3-8H2,1-2H3. The van der Waals surface area contributed by atoms with E-state index in [1.54, 1.807) is 13.8 Å². The zero-order valence-electron chi connectivity index (χ0n) is 9.96. The zero-order chi connectivity index (χ0) is 13.4. The van der Waals surface area contributed by atoms with E-state index in [0.29, 0.717) is 5.33 Å². The van der Waals surface area contributed by atoms with Gasteiger partial charge >= 0.3 is 13.7 Å². The summed E-state index contributed by atoms with van der Waals surface area (Å²) in [6, 6.07) is 0. The van der Waals surface area contributed by atoms with E-state index in [0.717, 1.165) is 0 Å². The molecular weight excluding hydrogens is 321 g/mol. The Balaban J connectivity index is 4.24. The molecule has 0 N–H and O–H groups in total. The molecule has 0 aliphatic carbocycles. The molecule has 0 aliphatic rings. The third-order valence-corrected chi connectivity index (χ3v) is 4.12. The number of hydrogen-bond donors (Lipinski definition) is 0. The average Bonchev–Trinajstić information content (AvgIpc) is 2.25. The molecular formula is C9H18BrF2O4P. The molecule has 0 aromatic carbocycles. The predicted molar refractivity (Wildman–Crippen MR) is 65.0 cm³/mol. The SMILES string of the molecule is CCOP(=O)(CCC(F)(F)OCCBr)OCC. The first-order chi connectivity index (χ1) is 7.89. The summed E-state index contributed by atoms with van der Waals surface area (Å²) in [6.45, 7) is 3.47. The van der Waals surface area contributed by atoms with E-state index in [-0.39, 0.29) is 26.0 Å². The van der Waals surface area contributed by atoms with Gasteiger partial charge in [0.2, 0.25) is 0 Å². The first-order valence-electron chi connectivity index (χ1n) is 5.35. The summed E-state index contributed by atoms with van der Waals surface area (Å²) in [5.74, 6) is 0. The molecule has 17 heavy (non-hydrogen) atoms. The zero-order valence-corrected chi connectivity index (χ0v) is 12.4. The van der Waals surface area contributed by atoms with Gasteiger partial charge in [-0.1, -0.05) is 15.9 Å². The van der Waals surface area contributed by atoms with Gasteiger partial charge < -0.3 is 13.8 Å². The number of rotatable bonds is 10. The molecule has 0 saturated carbocycles. The molecule has 8 heteroatoms. The second kappa shape index (κ2) is 8.53. The molecule has 0 aliphatic heterocycles. The normalized spacial score (nSPS) is 13.0. The Kier molecular flexibility index (Phi) is 8.76. The highest BCUT2D eigenvalue weighted by Gasteiger charge is 2.35. The van der Waals surface area contributed by atoms with Gasteiger partial charge in [0, 0.05) is 5.33 Å². The first kappa shape index (κ1) is 17.4. The lowest BCUT2D eigenvalue weighted by molar-refractivity contribution is -0.235. The van der Waals surface area contributed by atoms with E-state index >= 15 is 0 Å². The summed E-state index contributed by atoms with van der Waals surface area (Å²) in [5.41, 5.74) is 0. The van der Waals surface area contributed by atoms with Gasteiger partial charge in [0.25, 0.3) is 0 Å². The quantitative estimate of drug-likeness (QED) is 0.450. The van der Waals surface area contributed by atoms with Crippen LogP contribution in [0.5, 0.6) is 0 Å². The summed E-state index contributed by atoms with van der Waals surface area (Å²) in [6.07, 6.45) is -4.35. The molecule has 4 nitrogen and oxygen atoms in total. The first-order valence-corrected chi connectivity index (χ1v) is 8.20. The maximum atomic E-state index is 13.1. The monoisotopic (exact) mass is 338 g/mol. The van der Waals surface area contributed by atoms with Crippen molar-refractivity contribution in [1.82, 2.24) is 0 Å². The van der Waals surface area contributed by atoms with Crippen molar-refractivity contribution < 1.29 is 27.1 Å². The molecule has 0 bridgehead atoms. The smallest absolute Gasteiger partial charge is 0.320 e. The van der Waals surface area contributed by atoms with Gasteiger partial charge in [-0.15, -0.1) is 0 Å². The van der Waals surface area contributed by atoms with Crippen LogP contribution in [-0.2, 0) is 18.3 Å². The summed E-state index contributed by atoms with van der Waals surface area (Å²) in [4.78, 5) is 0. The van der Waals surface area contributed by atoms with E-state index in [1.807, 2.05) is 0 Å². The van der Waals surface area contributed by atoms with Gasteiger partial charge in [-0.05, 0) is 13.8 Å². The fourth-order valence-corrected chi connectivity index (χ4v) is 2.90. The van der Waals surface area contributed by atoms with E-state index < -0.39 is 20.1 Å². The lowest BCUT2D eigenvalue weighted by Gasteiger charge is -2.20. The maximum Gasteiger partial charge on any atom is 0.356 e. The molecule has 0 unspecified atom stereocenters. The van der Waals surface area contributed by atoms with Crippen molar-refractivity contribution in [2.24, 2.45) is 0 Å². The summed E-state index contributed by atoms with van der Waals surface area (Å²) >= 11 is 2.98. The van der Waals surface area contributed by atoms with Gasteiger partial charge in [-0.2, -0.15) is 8.78 Å². The van der Waals surface area contributed by atoms with Crippen molar-refractivity contribution in [2.45, 2.75) is 26.4 Å². The molecule has 0 heterocycles. The van der Waals surface area contributed by atoms with Crippen molar-refractivity contribution in [3.63, 3.8) is 0 Å². The summed E-state index contributed by atoms with van der Waals surface area (Å²) in [5, 5.41) is 0.317. The molecule has 0 atom stereocenters. The minimum absolute atomic E-state index is 0.111. The van der Waals surface area contributed by atoms with Crippen LogP contribution in [0, 0.1) is 0 Å². The Hall–Kier alpha value is 0.450. The summed E-state index contributed by atoms with van der Waals surface area (Å²) < 4.78 is 52.3. The Labute approximate surface area is 109 Å². The number of ether oxygens (including phenoxy) is 1. The fourth-order valence-electron chi connectivity index (χ4n) is 1.09. The van der Waals surface area contributed by atoms with Crippen LogP contribution in [0.1, 0.15) is 20.3 Å². The van der Waals surface area contributed by atoms with Crippen LogP contribution in [0.15, 0.2) is 0 Å². The van der Waals surface area contributed by atoms with Crippen molar-refractivity contribution in [3.05, 3.63) is 0 Å². The third-order valence-electron chi connectivity index (χ3n) is 1.72. The second-order valence-corrected chi connectivity index (χ2v) is 6.07. The maximum absolute atomic E-state index is 13.1. The van der Waals surface area contributed by atoms with E-state index in [9.17, 15) is 13.3 Å². The highest BCUT2D eigenvalue weighted by atomic mass is 79.9. The van der Waals surface area contributed by atoms with E-state index in [4.69, 9.17) is 9.05 Å². The minimum atomic E-state index is -3.42. The van der Waals surface area contributed by atoms with Gasteiger partial charge in [-0.25, -0.2) is 0 Å². The largest absolute Gasteiger partial charge is 0.356 e. The Morgan fingerprint density at radius 2 is 1.76 bits per heavy atom.